The van der Waals surface area contributed by atoms with E-state index in [1.54, 1.807) is 6.92 Å². The zero-order valence-corrected chi connectivity index (χ0v) is 12.0. The Balaban J connectivity index is 2.90. The standard InChI is InChI=1S/C14H19F2N3O2/c1-8(7-17)18-14(21)6-13(19-9(2)20)11-4-3-10(15)5-12(11)16/h3-5,8,13H,6-7,17H2,1-2H3,(H,18,21)(H,19,20)/t8-,13?/m0/s1. The minimum absolute atomic E-state index is 0.0575. The molecule has 0 fully saturated rings. The van der Waals surface area contributed by atoms with Gasteiger partial charge in [0.2, 0.25) is 11.8 Å². The van der Waals surface area contributed by atoms with Gasteiger partial charge in [-0.15, -0.1) is 0 Å². The van der Waals surface area contributed by atoms with Crippen LogP contribution in [0.5, 0.6) is 0 Å². The lowest BCUT2D eigenvalue weighted by Gasteiger charge is -2.20. The molecule has 5 nitrogen and oxygen atoms in total. The number of hydrogen-bond acceptors (Lipinski definition) is 3. The van der Waals surface area contributed by atoms with E-state index in [0.717, 1.165) is 6.07 Å². The summed E-state index contributed by atoms with van der Waals surface area (Å²) in [6.45, 7) is 3.25. The van der Waals surface area contributed by atoms with Crippen LogP contribution in [-0.4, -0.2) is 24.4 Å². The summed E-state index contributed by atoms with van der Waals surface area (Å²) in [4.78, 5) is 23.0. The summed E-state index contributed by atoms with van der Waals surface area (Å²) in [5.41, 5.74) is 5.46. The van der Waals surface area contributed by atoms with Crippen molar-refractivity contribution in [3.05, 3.63) is 35.4 Å². The normalized spacial score (nSPS) is 13.4. The Bertz CT molecular complexity index is 523. The first-order valence-corrected chi connectivity index (χ1v) is 6.55. The summed E-state index contributed by atoms with van der Waals surface area (Å²) in [7, 11) is 0. The number of benzene rings is 1. The van der Waals surface area contributed by atoms with E-state index in [-0.39, 0.29) is 30.5 Å². The first-order valence-electron chi connectivity index (χ1n) is 6.55. The fourth-order valence-electron chi connectivity index (χ4n) is 1.85. The molecule has 2 atom stereocenters. The van der Waals surface area contributed by atoms with Crippen LogP contribution < -0.4 is 16.4 Å². The molecule has 0 aliphatic rings. The summed E-state index contributed by atoms with van der Waals surface area (Å²) < 4.78 is 26.7. The molecule has 21 heavy (non-hydrogen) atoms. The lowest BCUT2D eigenvalue weighted by Crippen LogP contribution is -2.40. The molecular formula is C14H19F2N3O2. The Hall–Kier alpha value is -2.02. The Morgan fingerprint density at radius 1 is 1.29 bits per heavy atom. The fourth-order valence-corrected chi connectivity index (χ4v) is 1.85. The molecule has 0 aromatic heterocycles. The number of carbonyl (C=O) groups excluding carboxylic acids is 2. The Kier molecular flexibility index (Phi) is 6.23. The first-order chi connectivity index (χ1) is 9.83. The van der Waals surface area contributed by atoms with Gasteiger partial charge in [0.05, 0.1) is 12.5 Å². The maximum absolute atomic E-state index is 13.8. The van der Waals surface area contributed by atoms with Crippen molar-refractivity contribution in [2.75, 3.05) is 6.54 Å². The van der Waals surface area contributed by atoms with Crippen LogP contribution in [-0.2, 0) is 9.59 Å². The van der Waals surface area contributed by atoms with E-state index in [4.69, 9.17) is 5.73 Å². The molecule has 4 N–H and O–H groups in total. The summed E-state index contributed by atoms with van der Waals surface area (Å²) >= 11 is 0. The SMILES string of the molecule is CC(=O)NC(CC(=O)N[C@@H](C)CN)c1ccc(F)cc1F. The van der Waals surface area contributed by atoms with Gasteiger partial charge in [0.25, 0.3) is 0 Å². The van der Waals surface area contributed by atoms with Crippen molar-refractivity contribution < 1.29 is 18.4 Å². The monoisotopic (exact) mass is 299 g/mol. The van der Waals surface area contributed by atoms with E-state index >= 15 is 0 Å². The van der Waals surface area contributed by atoms with E-state index in [9.17, 15) is 18.4 Å². The Morgan fingerprint density at radius 2 is 1.95 bits per heavy atom. The first kappa shape index (κ1) is 17.0. The van der Waals surface area contributed by atoms with Crippen LogP contribution in [0.3, 0.4) is 0 Å². The van der Waals surface area contributed by atoms with Gasteiger partial charge in [-0.1, -0.05) is 6.07 Å². The van der Waals surface area contributed by atoms with Crippen LogP contribution in [0.2, 0.25) is 0 Å². The molecule has 0 radical (unpaired) electrons. The highest BCUT2D eigenvalue weighted by atomic mass is 19.1. The van der Waals surface area contributed by atoms with Crippen molar-refractivity contribution >= 4 is 11.8 Å². The molecule has 116 valence electrons. The number of nitrogens with one attached hydrogen (secondary N) is 2. The highest BCUT2D eigenvalue weighted by molar-refractivity contribution is 5.79. The lowest BCUT2D eigenvalue weighted by molar-refractivity contribution is -0.123. The maximum Gasteiger partial charge on any atom is 0.222 e. The number of nitrogens with two attached hydrogens (primary N) is 1. The van der Waals surface area contributed by atoms with Gasteiger partial charge in [-0.05, 0) is 13.0 Å². The van der Waals surface area contributed by atoms with Crippen LogP contribution in [0.15, 0.2) is 18.2 Å². The van der Waals surface area contributed by atoms with E-state index in [0.29, 0.717) is 6.07 Å². The van der Waals surface area contributed by atoms with Gasteiger partial charge in [0.15, 0.2) is 0 Å². The molecule has 2 amide bonds. The second-order valence-corrected chi connectivity index (χ2v) is 4.83. The molecule has 0 bridgehead atoms. The number of rotatable bonds is 6. The van der Waals surface area contributed by atoms with Gasteiger partial charge in [-0.25, -0.2) is 8.78 Å². The smallest absolute Gasteiger partial charge is 0.222 e. The van der Waals surface area contributed by atoms with Crippen LogP contribution in [0, 0.1) is 11.6 Å². The Morgan fingerprint density at radius 3 is 2.48 bits per heavy atom. The molecule has 1 rings (SSSR count). The van der Waals surface area contributed by atoms with Gasteiger partial charge in [0, 0.05) is 31.1 Å². The highest BCUT2D eigenvalue weighted by Gasteiger charge is 2.21. The van der Waals surface area contributed by atoms with Gasteiger partial charge < -0.3 is 16.4 Å². The quantitative estimate of drug-likeness (QED) is 0.732. The predicted octanol–water partition coefficient (Wildman–Crippen LogP) is 0.996. The van der Waals surface area contributed by atoms with Crippen molar-refractivity contribution in [3.63, 3.8) is 0 Å². The fraction of sp³-hybridized carbons (Fsp3) is 0.429. The van der Waals surface area contributed by atoms with Crippen molar-refractivity contribution in [1.29, 1.82) is 0 Å². The summed E-state index contributed by atoms with van der Waals surface area (Å²) in [6, 6.07) is 1.91. The number of hydrogen-bond donors (Lipinski definition) is 3. The Labute approximate surface area is 121 Å². The van der Waals surface area contributed by atoms with E-state index in [1.165, 1.54) is 13.0 Å². The topological polar surface area (TPSA) is 84.2 Å². The van der Waals surface area contributed by atoms with E-state index in [2.05, 4.69) is 10.6 Å². The number of halogens is 2. The summed E-state index contributed by atoms with van der Waals surface area (Å²) in [5.74, 6) is -2.33. The third-order valence-electron chi connectivity index (χ3n) is 2.87. The molecule has 1 aromatic carbocycles. The van der Waals surface area contributed by atoms with Gasteiger partial charge in [-0.2, -0.15) is 0 Å². The zero-order valence-electron chi connectivity index (χ0n) is 12.0. The largest absolute Gasteiger partial charge is 0.352 e. The molecule has 0 aliphatic heterocycles. The van der Waals surface area contributed by atoms with Crippen LogP contribution in [0.4, 0.5) is 8.78 Å². The van der Waals surface area contributed by atoms with E-state index < -0.39 is 23.6 Å². The highest BCUT2D eigenvalue weighted by Crippen LogP contribution is 2.21. The summed E-state index contributed by atoms with van der Waals surface area (Å²) in [5, 5.41) is 5.11. The minimum atomic E-state index is -0.868. The minimum Gasteiger partial charge on any atom is -0.352 e. The average molecular weight is 299 g/mol. The molecular weight excluding hydrogens is 280 g/mol. The third kappa shape index (κ3) is 5.47. The predicted molar refractivity (Wildman–Crippen MR) is 74.2 cm³/mol. The molecule has 0 spiro atoms. The van der Waals surface area contributed by atoms with Crippen LogP contribution in [0.1, 0.15) is 31.9 Å². The molecule has 0 saturated carbocycles. The molecule has 7 heteroatoms. The zero-order chi connectivity index (χ0) is 16.0. The van der Waals surface area contributed by atoms with Gasteiger partial charge >= 0.3 is 0 Å². The van der Waals surface area contributed by atoms with Crippen molar-refractivity contribution in [2.45, 2.75) is 32.4 Å². The van der Waals surface area contributed by atoms with Gasteiger partial charge in [0.1, 0.15) is 11.6 Å². The molecule has 0 heterocycles. The average Bonchev–Trinajstić information content (AvgIpc) is 2.37. The number of amides is 2. The molecule has 0 saturated heterocycles. The number of carbonyl (C=O) groups is 2. The van der Waals surface area contributed by atoms with Crippen LogP contribution in [0.25, 0.3) is 0 Å². The van der Waals surface area contributed by atoms with Crippen molar-refractivity contribution in [1.82, 2.24) is 10.6 Å². The molecule has 0 aliphatic carbocycles. The summed E-state index contributed by atoms with van der Waals surface area (Å²) in [6.07, 6.45) is -0.160. The third-order valence-corrected chi connectivity index (χ3v) is 2.87. The van der Waals surface area contributed by atoms with E-state index in [1.807, 2.05) is 0 Å². The van der Waals surface area contributed by atoms with Gasteiger partial charge in [-0.3, -0.25) is 9.59 Å². The molecule has 1 unspecified atom stereocenters. The molecule has 1 aromatic rings. The lowest BCUT2D eigenvalue weighted by atomic mass is 10.0. The maximum atomic E-state index is 13.8. The van der Waals surface area contributed by atoms with Crippen LogP contribution >= 0.6 is 0 Å². The second-order valence-electron chi connectivity index (χ2n) is 4.83. The van der Waals surface area contributed by atoms with Crippen molar-refractivity contribution in [3.8, 4) is 0 Å². The second kappa shape index (κ2) is 7.68. The van der Waals surface area contributed by atoms with Crippen molar-refractivity contribution in [2.24, 2.45) is 5.73 Å².